The molecule has 196 valence electrons. The number of aromatic nitrogens is 2. The van der Waals surface area contributed by atoms with Crippen LogP contribution in [0.5, 0.6) is 0 Å². The Morgan fingerprint density at radius 2 is 1.89 bits per heavy atom. The predicted molar refractivity (Wildman–Crippen MR) is 135 cm³/mol. The molecule has 1 N–H and O–H groups in total. The first kappa shape index (κ1) is 24.9. The molecule has 3 aromatic rings. The highest BCUT2D eigenvalue weighted by molar-refractivity contribution is 7.18. The van der Waals surface area contributed by atoms with Crippen LogP contribution in [0, 0.1) is 11.3 Å². The van der Waals surface area contributed by atoms with Crippen LogP contribution in [0.4, 0.5) is 8.78 Å². The molecule has 0 saturated heterocycles. The average Bonchev–Trinajstić information content (AvgIpc) is 3.55. The van der Waals surface area contributed by atoms with E-state index in [4.69, 9.17) is 14.2 Å². The molecule has 0 bridgehead atoms. The number of aliphatic hydroxyl groups is 1. The first-order valence-electron chi connectivity index (χ1n) is 13.3. The van der Waals surface area contributed by atoms with Crippen LogP contribution in [-0.2, 0) is 16.9 Å². The van der Waals surface area contributed by atoms with Gasteiger partial charge in [0, 0.05) is 30.2 Å². The van der Waals surface area contributed by atoms with Crippen molar-refractivity contribution in [2.24, 2.45) is 0 Å². The molecule has 3 fully saturated rings. The van der Waals surface area contributed by atoms with E-state index in [1.165, 1.54) is 11.3 Å². The Labute approximate surface area is 218 Å². The number of hydrogen-bond donors (Lipinski definition) is 1. The van der Waals surface area contributed by atoms with E-state index in [2.05, 4.69) is 11.2 Å². The van der Waals surface area contributed by atoms with Gasteiger partial charge in [-0.15, -0.1) is 11.3 Å². The molecule has 3 saturated carbocycles. The molecule has 2 aromatic heterocycles. The zero-order valence-electron chi connectivity index (χ0n) is 20.7. The second kappa shape index (κ2) is 9.72. The van der Waals surface area contributed by atoms with Gasteiger partial charge in [0.15, 0.2) is 0 Å². The molecule has 0 unspecified atom stereocenters. The number of halogens is 2. The summed E-state index contributed by atoms with van der Waals surface area (Å²) in [7, 11) is 0. The summed E-state index contributed by atoms with van der Waals surface area (Å²) in [6, 6.07) is 7.57. The van der Waals surface area contributed by atoms with Crippen LogP contribution in [-0.4, -0.2) is 27.3 Å². The van der Waals surface area contributed by atoms with Gasteiger partial charge in [-0.25, -0.2) is 13.8 Å². The summed E-state index contributed by atoms with van der Waals surface area (Å²) in [4.78, 5) is 4.69. The van der Waals surface area contributed by atoms with Crippen molar-refractivity contribution >= 4 is 21.6 Å². The van der Waals surface area contributed by atoms with Gasteiger partial charge in [0.1, 0.15) is 16.4 Å². The largest absolute Gasteiger partial charge is 0.383 e. The van der Waals surface area contributed by atoms with Crippen LogP contribution >= 0.6 is 11.3 Å². The fraction of sp³-hybridized carbons (Fsp3) is 0.607. The predicted octanol–water partition coefficient (Wildman–Crippen LogP) is 7.06. The Morgan fingerprint density at radius 1 is 1.08 bits per heavy atom. The van der Waals surface area contributed by atoms with Crippen molar-refractivity contribution in [3.8, 4) is 6.07 Å². The lowest BCUT2D eigenvalue weighted by molar-refractivity contribution is -0.0389. The van der Waals surface area contributed by atoms with Crippen molar-refractivity contribution < 1.29 is 23.1 Å². The van der Waals surface area contributed by atoms with E-state index in [0.29, 0.717) is 55.2 Å². The first-order chi connectivity index (χ1) is 17.8. The van der Waals surface area contributed by atoms with Gasteiger partial charge in [0.2, 0.25) is 5.92 Å². The monoisotopic (exact) mass is 527 g/mol. The van der Waals surface area contributed by atoms with Crippen LogP contribution in [0.2, 0.25) is 0 Å². The fourth-order valence-electron chi connectivity index (χ4n) is 5.85. The van der Waals surface area contributed by atoms with E-state index in [1.807, 2.05) is 12.1 Å². The third-order valence-corrected chi connectivity index (χ3v) is 9.49. The van der Waals surface area contributed by atoms with Crippen molar-refractivity contribution in [1.82, 2.24) is 10.1 Å². The summed E-state index contributed by atoms with van der Waals surface area (Å²) in [5.41, 5.74) is 2.16. The smallest absolute Gasteiger partial charge is 0.248 e. The van der Waals surface area contributed by atoms with E-state index in [9.17, 15) is 19.1 Å². The maximum atomic E-state index is 13.7. The molecule has 9 heteroatoms. The number of rotatable bonds is 6. The van der Waals surface area contributed by atoms with E-state index in [-0.39, 0.29) is 24.9 Å². The molecular weight excluding hydrogens is 496 g/mol. The number of thiazole rings is 1. The Hall–Kier alpha value is -2.41. The van der Waals surface area contributed by atoms with Gasteiger partial charge >= 0.3 is 0 Å². The lowest BCUT2D eigenvalue weighted by Crippen LogP contribution is -2.25. The van der Waals surface area contributed by atoms with Gasteiger partial charge in [0.05, 0.1) is 40.3 Å². The highest BCUT2D eigenvalue weighted by Crippen LogP contribution is 2.47. The Kier molecular flexibility index (Phi) is 6.54. The van der Waals surface area contributed by atoms with Crippen LogP contribution in [0.15, 0.2) is 22.7 Å². The summed E-state index contributed by atoms with van der Waals surface area (Å²) in [6.07, 6.45) is 6.26. The van der Waals surface area contributed by atoms with Crippen molar-refractivity contribution in [3.05, 3.63) is 45.8 Å². The van der Waals surface area contributed by atoms with Crippen molar-refractivity contribution in [2.45, 2.75) is 107 Å². The summed E-state index contributed by atoms with van der Waals surface area (Å²) < 4.78 is 40.5. The van der Waals surface area contributed by atoms with Gasteiger partial charge < -0.3 is 14.4 Å². The van der Waals surface area contributed by atoms with Crippen LogP contribution in [0.1, 0.15) is 110 Å². The van der Waals surface area contributed by atoms with E-state index in [0.717, 1.165) is 52.9 Å². The quantitative estimate of drug-likeness (QED) is 0.345. The standard InChI is InChI=1S/C28H31F2N3O3S/c29-28(30)12-7-18(8-13-28)24-21(25(36-33-24)19-4-5-19)16-35-20-2-1-10-27(34,11-9-20)26-32-22-6-3-17(15-31)14-23(22)37-26/h3,6,14,18-20,34H,1-2,4-5,7-13,16H2/t20-,27+/m1/s1. The number of fused-ring (bicyclic) bond motifs is 1. The minimum absolute atomic E-state index is 0.00529. The normalized spacial score (nSPS) is 26.7. The SMILES string of the molecule is N#Cc1ccc2nc([C@]3(O)CCC[C@@H](OCc4c(C5CCC(F)(F)CC5)noc4C4CC4)CC3)sc2c1. The third kappa shape index (κ3) is 5.16. The van der Waals surface area contributed by atoms with Crippen LogP contribution in [0.3, 0.4) is 0 Å². The molecule has 6 nitrogen and oxygen atoms in total. The number of nitriles is 1. The van der Waals surface area contributed by atoms with Crippen molar-refractivity contribution in [2.75, 3.05) is 0 Å². The van der Waals surface area contributed by atoms with Gasteiger partial charge in [-0.2, -0.15) is 5.26 Å². The molecule has 1 aromatic carbocycles. The highest BCUT2D eigenvalue weighted by Gasteiger charge is 2.40. The van der Waals surface area contributed by atoms with Gasteiger partial charge in [0.25, 0.3) is 0 Å². The van der Waals surface area contributed by atoms with Crippen LogP contribution in [0.25, 0.3) is 10.2 Å². The van der Waals surface area contributed by atoms with Gasteiger partial charge in [-0.3, -0.25) is 0 Å². The molecule has 0 radical (unpaired) electrons. The number of alkyl halides is 2. The zero-order valence-corrected chi connectivity index (χ0v) is 21.5. The molecule has 2 atom stereocenters. The Bertz CT molecular complexity index is 1320. The number of nitrogens with zero attached hydrogens (tertiary/aromatic N) is 3. The van der Waals surface area contributed by atoms with Gasteiger partial charge in [-0.1, -0.05) is 5.16 Å². The second-order valence-corrected chi connectivity index (χ2v) is 12.1. The number of benzene rings is 1. The maximum Gasteiger partial charge on any atom is 0.248 e. The van der Waals surface area contributed by atoms with Gasteiger partial charge in [-0.05, 0) is 76.0 Å². The van der Waals surface area contributed by atoms with Crippen LogP contribution < -0.4 is 0 Å². The highest BCUT2D eigenvalue weighted by atomic mass is 32.1. The summed E-state index contributed by atoms with van der Waals surface area (Å²) in [5.74, 6) is -1.34. The molecular formula is C28H31F2N3O3S. The lowest BCUT2D eigenvalue weighted by Gasteiger charge is -2.27. The minimum Gasteiger partial charge on any atom is -0.383 e. The number of ether oxygens (including phenoxy) is 1. The molecule has 3 aliphatic carbocycles. The average molecular weight is 528 g/mol. The lowest BCUT2D eigenvalue weighted by atomic mass is 9.83. The second-order valence-electron chi connectivity index (χ2n) is 11.0. The molecule has 2 heterocycles. The zero-order chi connectivity index (χ0) is 25.6. The first-order valence-corrected chi connectivity index (χ1v) is 14.2. The molecule has 0 amide bonds. The van der Waals surface area contributed by atoms with E-state index < -0.39 is 11.5 Å². The number of hydrogen-bond acceptors (Lipinski definition) is 7. The summed E-state index contributed by atoms with van der Waals surface area (Å²) in [6.45, 7) is 0.374. The van der Waals surface area contributed by atoms with Crippen molar-refractivity contribution in [3.63, 3.8) is 0 Å². The third-order valence-electron chi connectivity index (χ3n) is 8.28. The van der Waals surface area contributed by atoms with E-state index >= 15 is 0 Å². The topological polar surface area (TPSA) is 92.2 Å². The fourth-order valence-corrected chi connectivity index (χ4v) is 7.00. The Balaban J connectivity index is 1.14. The van der Waals surface area contributed by atoms with Crippen molar-refractivity contribution in [1.29, 1.82) is 5.26 Å². The molecule has 0 aliphatic heterocycles. The minimum atomic E-state index is -2.57. The molecule has 6 rings (SSSR count). The maximum absolute atomic E-state index is 13.7. The molecule has 3 aliphatic rings. The summed E-state index contributed by atoms with van der Waals surface area (Å²) >= 11 is 1.46. The molecule has 37 heavy (non-hydrogen) atoms. The Morgan fingerprint density at radius 3 is 2.65 bits per heavy atom. The summed E-state index contributed by atoms with van der Waals surface area (Å²) in [5, 5.41) is 25.8. The van der Waals surface area contributed by atoms with E-state index in [1.54, 1.807) is 6.07 Å². The molecule has 0 spiro atoms.